The smallest absolute Gasteiger partial charge is 0.113 e. The second-order valence-electron chi connectivity index (χ2n) is 15.8. The van der Waals surface area contributed by atoms with Gasteiger partial charge in [0.1, 0.15) is 16.1 Å². The van der Waals surface area contributed by atoms with Gasteiger partial charge in [-0.1, -0.05) is 160 Å². The van der Waals surface area contributed by atoms with Gasteiger partial charge in [-0.2, -0.15) is 0 Å². The summed E-state index contributed by atoms with van der Waals surface area (Å²) in [6.45, 7) is 10.1. The van der Waals surface area contributed by atoms with E-state index in [1.165, 1.54) is 93.1 Å². The second-order valence-corrected chi connectivity index (χ2v) is 24.5. The second kappa shape index (κ2) is 11.9. The van der Waals surface area contributed by atoms with E-state index in [1.54, 1.807) is 0 Å². The van der Waals surface area contributed by atoms with Gasteiger partial charge in [-0.05, 0) is 118 Å². The number of fused-ring (bicyclic) bond motifs is 7. The van der Waals surface area contributed by atoms with Crippen molar-refractivity contribution >= 4 is 64.7 Å². The Kier molecular flexibility index (Phi) is 7.17. The van der Waals surface area contributed by atoms with Crippen LogP contribution in [0.4, 0.5) is 17.1 Å². The van der Waals surface area contributed by atoms with E-state index in [-0.39, 0.29) is 0 Å². The van der Waals surface area contributed by atoms with E-state index in [0.29, 0.717) is 0 Å². The lowest BCUT2D eigenvalue weighted by atomic mass is 9.98. The molecule has 254 valence electrons. The molecule has 0 aromatic heterocycles. The number of rotatable bonds is 5. The quantitative estimate of drug-likeness (QED) is 0.161. The number of hydrogen-bond donors (Lipinski definition) is 0. The van der Waals surface area contributed by atoms with Gasteiger partial charge in [-0.25, -0.2) is 0 Å². The average molecular weight is 712 g/mol. The van der Waals surface area contributed by atoms with Crippen molar-refractivity contribution < 1.29 is 0 Å². The van der Waals surface area contributed by atoms with E-state index in [1.807, 2.05) is 0 Å². The highest BCUT2D eigenvalue weighted by atomic mass is 28.3. The molecule has 8 aromatic rings. The van der Waals surface area contributed by atoms with Crippen molar-refractivity contribution in [2.45, 2.75) is 26.2 Å². The minimum absolute atomic E-state index is 1.17. The van der Waals surface area contributed by atoms with Gasteiger partial charge in [0.25, 0.3) is 0 Å². The van der Waals surface area contributed by atoms with Gasteiger partial charge in [-0.3, -0.25) is 0 Å². The van der Waals surface area contributed by atoms with E-state index in [0.717, 1.165) is 0 Å². The molecule has 0 unspecified atom stereocenters. The summed E-state index contributed by atoms with van der Waals surface area (Å²) < 4.78 is 0. The number of hydrogen-bond acceptors (Lipinski definition) is 1. The van der Waals surface area contributed by atoms with E-state index in [4.69, 9.17) is 0 Å². The molecule has 2 heterocycles. The molecule has 10 rings (SSSR count). The van der Waals surface area contributed by atoms with E-state index in [2.05, 4.69) is 207 Å². The van der Waals surface area contributed by atoms with Crippen molar-refractivity contribution in [3.05, 3.63) is 176 Å². The first-order valence-corrected chi connectivity index (χ1v) is 24.8. The molecule has 53 heavy (non-hydrogen) atoms. The maximum Gasteiger partial charge on any atom is 0.113 e. The fourth-order valence-electron chi connectivity index (χ4n) is 9.13. The zero-order valence-electron chi connectivity index (χ0n) is 30.7. The summed E-state index contributed by atoms with van der Waals surface area (Å²) in [7, 11) is -3.90. The van der Waals surface area contributed by atoms with Crippen LogP contribution in [0.5, 0.6) is 0 Å². The number of benzene rings is 8. The van der Waals surface area contributed by atoms with Gasteiger partial charge in [-0.15, -0.1) is 0 Å². The zero-order chi connectivity index (χ0) is 35.9. The molecule has 0 fully saturated rings. The molecule has 2 aliphatic heterocycles. The van der Waals surface area contributed by atoms with Crippen molar-refractivity contribution in [1.29, 1.82) is 0 Å². The average Bonchev–Trinajstić information content (AvgIpc) is 3.57. The predicted molar refractivity (Wildman–Crippen MR) is 234 cm³/mol. The first kappa shape index (κ1) is 31.9. The van der Waals surface area contributed by atoms with Crippen molar-refractivity contribution in [1.82, 2.24) is 0 Å². The van der Waals surface area contributed by atoms with Crippen LogP contribution in [-0.2, 0) is 0 Å². The molecule has 0 amide bonds. The minimum Gasteiger partial charge on any atom is -0.311 e. The Labute approximate surface area is 314 Å². The molecule has 1 nitrogen and oxygen atoms in total. The fourth-order valence-corrected chi connectivity index (χ4v) is 15.3. The standard InChI is InChI=1S/C50H41NSi2/c1-52(2)47-17-11-10-16-43(47)45-28-25-41(32-49(45)52)51(40-23-20-36(21-24-40)34-12-6-5-7-13-34)42-26-29-46-44-27-22-39(31-48(44)53(3,4)50(46)33-42)38-19-18-35-14-8-9-15-37(35)30-38/h5-33H,1-4H3. The van der Waals surface area contributed by atoms with Gasteiger partial charge in [0, 0.05) is 17.1 Å². The summed E-state index contributed by atoms with van der Waals surface area (Å²) in [5, 5.41) is 8.66. The van der Waals surface area contributed by atoms with Crippen LogP contribution >= 0.6 is 0 Å². The molecule has 0 aliphatic carbocycles. The van der Waals surface area contributed by atoms with Crippen LogP contribution in [0.25, 0.3) is 55.3 Å². The van der Waals surface area contributed by atoms with E-state index >= 15 is 0 Å². The van der Waals surface area contributed by atoms with Crippen LogP contribution in [0.15, 0.2) is 176 Å². The maximum absolute atomic E-state index is 2.53. The largest absolute Gasteiger partial charge is 0.311 e. The van der Waals surface area contributed by atoms with Crippen LogP contribution < -0.4 is 25.6 Å². The normalized spacial score (nSPS) is 14.3. The number of nitrogens with zero attached hydrogens (tertiary/aromatic N) is 1. The van der Waals surface area contributed by atoms with Crippen molar-refractivity contribution in [2.75, 3.05) is 4.90 Å². The SMILES string of the molecule is C[Si]1(C)c2ccccc2-c2ccc(N(c3ccc(-c4ccccc4)cc3)c3ccc4c(c3)[Si](C)(C)c3cc(-c5ccc6ccccc6c5)ccc3-4)cc21. The van der Waals surface area contributed by atoms with Crippen LogP contribution in [-0.4, -0.2) is 16.1 Å². The summed E-state index contributed by atoms with van der Waals surface area (Å²) in [6.07, 6.45) is 0. The fraction of sp³-hybridized carbons (Fsp3) is 0.0800. The summed E-state index contributed by atoms with van der Waals surface area (Å²) in [4.78, 5) is 2.50. The van der Waals surface area contributed by atoms with Gasteiger partial charge < -0.3 is 4.90 Å². The Morgan fingerprint density at radius 3 is 1.45 bits per heavy atom. The highest BCUT2D eigenvalue weighted by molar-refractivity contribution is 7.04. The molecule has 0 atom stereocenters. The molecule has 0 N–H and O–H groups in total. The van der Waals surface area contributed by atoms with E-state index in [9.17, 15) is 0 Å². The van der Waals surface area contributed by atoms with Gasteiger partial charge >= 0.3 is 0 Å². The zero-order valence-corrected chi connectivity index (χ0v) is 32.7. The summed E-state index contributed by atoms with van der Waals surface area (Å²) >= 11 is 0. The van der Waals surface area contributed by atoms with Gasteiger partial charge in [0.05, 0.1) is 0 Å². The first-order chi connectivity index (χ1) is 25.8. The highest BCUT2D eigenvalue weighted by Gasteiger charge is 2.39. The van der Waals surface area contributed by atoms with Crippen LogP contribution in [0.3, 0.4) is 0 Å². The third-order valence-electron chi connectivity index (χ3n) is 12.1. The molecule has 8 aromatic carbocycles. The lowest BCUT2D eigenvalue weighted by Gasteiger charge is -2.29. The van der Waals surface area contributed by atoms with E-state index < -0.39 is 16.1 Å². The monoisotopic (exact) mass is 711 g/mol. The summed E-state index contributed by atoms with van der Waals surface area (Å²) in [6, 6.07) is 66.1. The molecular formula is C50H41NSi2. The van der Waals surface area contributed by atoms with Crippen molar-refractivity contribution in [2.24, 2.45) is 0 Å². The third-order valence-corrected chi connectivity index (χ3v) is 19.1. The Morgan fingerprint density at radius 1 is 0.302 bits per heavy atom. The molecule has 0 spiro atoms. The minimum atomic E-state index is -2.03. The molecule has 0 radical (unpaired) electrons. The molecule has 0 saturated carbocycles. The maximum atomic E-state index is 2.53. The van der Waals surface area contributed by atoms with Crippen molar-refractivity contribution in [3.8, 4) is 44.5 Å². The molecule has 3 heteroatoms. The van der Waals surface area contributed by atoms with Gasteiger partial charge in [0.15, 0.2) is 0 Å². The van der Waals surface area contributed by atoms with Crippen molar-refractivity contribution in [3.63, 3.8) is 0 Å². The Bertz CT molecular complexity index is 2730. The lowest BCUT2D eigenvalue weighted by Crippen LogP contribution is -2.49. The Hall–Kier alpha value is -5.75. The van der Waals surface area contributed by atoms with Crippen LogP contribution in [0.2, 0.25) is 26.2 Å². The molecular weight excluding hydrogens is 671 g/mol. The highest BCUT2D eigenvalue weighted by Crippen LogP contribution is 2.40. The van der Waals surface area contributed by atoms with Gasteiger partial charge in [0.2, 0.25) is 0 Å². The van der Waals surface area contributed by atoms with Crippen LogP contribution in [0.1, 0.15) is 0 Å². The molecule has 0 bridgehead atoms. The lowest BCUT2D eigenvalue weighted by molar-refractivity contribution is 1.29. The van der Waals surface area contributed by atoms with Crippen LogP contribution in [0, 0.1) is 0 Å². The summed E-state index contributed by atoms with van der Waals surface area (Å²) in [5.41, 5.74) is 14.3. The number of anilines is 3. The topological polar surface area (TPSA) is 3.24 Å². The molecule has 0 saturated heterocycles. The first-order valence-electron chi connectivity index (χ1n) is 18.8. The summed E-state index contributed by atoms with van der Waals surface area (Å²) in [5.74, 6) is 0. The Balaban J connectivity index is 1.09. The predicted octanol–water partition coefficient (Wildman–Crippen LogP) is 11.2. The molecule has 2 aliphatic rings. The Morgan fingerprint density at radius 2 is 0.755 bits per heavy atom. The third kappa shape index (κ3) is 5.03.